The van der Waals surface area contributed by atoms with Crippen LogP contribution in [-0.4, -0.2) is 58.1 Å². The highest BCUT2D eigenvalue weighted by molar-refractivity contribution is 7.96. The molecule has 15 heavy (non-hydrogen) atoms. The van der Waals surface area contributed by atoms with Gasteiger partial charge < -0.3 is 20.1 Å². The van der Waals surface area contributed by atoms with E-state index in [1.165, 1.54) is 0 Å². The summed E-state index contributed by atoms with van der Waals surface area (Å²) in [7, 11) is 0. The predicted octanol–water partition coefficient (Wildman–Crippen LogP) is -1.75. The summed E-state index contributed by atoms with van der Waals surface area (Å²) in [5, 5.41) is 23.2. The Morgan fingerprint density at radius 2 is 1.40 bits per heavy atom. The monoisotopic (exact) mass is 258 g/mol. The number of hydrogen-bond donors (Lipinski definition) is 5. The van der Waals surface area contributed by atoms with E-state index in [4.69, 9.17) is 15.3 Å². The molecule has 0 atom stereocenters. The summed E-state index contributed by atoms with van der Waals surface area (Å²) in [5.74, 6) is 0. The van der Waals surface area contributed by atoms with Crippen molar-refractivity contribution in [3.8, 4) is 0 Å². The van der Waals surface area contributed by atoms with Gasteiger partial charge in [0.2, 0.25) is 10.2 Å². The summed E-state index contributed by atoms with van der Waals surface area (Å²) in [5.41, 5.74) is 0. The number of rotatable bonds is 6. The molecular weight excluding hydrogens is 244 g/mol. The number of hydrogen-bond acceptors (Lipinski definition) is 6. The molecule has 6 nitrogen and oxygen atoms in total. The third-order valence-corrected chi connectivity index (χ3v) is 1.13. The van der Waals surface area contributed by atoms with Crippen LogP contribution in [0.15, 0.2) is 0 Å². The van der Waals surface area contributed by atoms with Crippen molar-refractivity contribution in [2.45, 2.75) is 6.10 Å². The minimum absolute atomic E-state index is 0.143. The molecule has 8 heteroatoms. The van der Waals surface area contributed by atoms with E-state index in [2.05, 4.69) is 30.0 Å². The molecule has 0 aromatic heterocycles. The molecule has 0 aromatic carbocycles. The Bertz CT molecular complexity index is 168. The highest BCUT2D eigenvalue weighted by Gasteiger charge is 1.96. The smallest absolute Gasteiger partial charge is 0.211 e. The molecule has 0 aliphatic heterocycles. The van der Waals surface area contributed by atoms with E-state index < -0.39 is 16.3 Å². The normalized spacial score (nSPS) is 9.47. The van der Waals surface area contributed by atoms with Crippen molar-refractivity contribution in [3.63, 3.8) is 0 Å². The lowest BCUT2D eigenvalue weighted by Crippen LogP contribution is -2.15. The van der Waals surface area contributed by atoms with Crippen LogP contribution in [0.25, 0.3) is 0 Å². The minimum Gasteiger partial charge on any atom is -0.394 e. The molecule has 0 fully saturated rings. The van der Waals surface area contributed by atoms with Crippen LogP contribution in [0.2, 0.25) is 0 Å². The maximum absolute atomic E-state index is 10.0. The van der Waals surface area contributed by atoms with Gasteiger partial charge in [-0.3, -0.25) is 9.59 Å². The molecule has 0 unspecified atom stereocenters. The highest BCUT2D eigenvalue weighted by Crippen LogP contribution is 1.84. The van der Waals surface area contributed by atoms with Crippen LogP contribution < -0.4 is 0 Å². The quantitative estimate of drug-likeness (QED) is 0.362. The van der Waals surface area contributed by atoms with Crippen LogP contribution >= 0.6 is 25.3 Å². The van der Waals surface area contributed by atoms with E-state index >= 15 is 0 Å². The summed E-state index contributed by atoms with van der Waals surface area (Å²) in [6, 6.07) is 0. The standard InChI is InChI=1S/C4H6O3S2.C3H8O3/c5-3(8)1-7-2-4(6)9;4-1-3(6)2-5/h1-2H2,(H,5,8)(H,6,9);3-6H,1-2H2. The van der Waals surface area contributed by atoms with Gasteiger partial charge in [-0.1, -0.05) is 0 Å². The van der Waals surface area contributed by atoms with Gasteiger partial charge in [-0.15, -0.1) is 25.3 Å². The zero-order valence-corrected chi connectivity index (χ0v) is 9.66. The van der Waals surface area contributed by atoms with Gasteiger partial charge in [-0.2, -0.15) is 0 Å². The Balaban J connectivity index is 0. The third-order valence-electron chi connectivity index (χ3n) is 0.873. The van der Waals surface area contributed by atoms with Crippen LogP contribution in [0.1, 0.15) is 0 Å². The Labute approximate surface area is 98.1 Å². The van der Waals surface area contributed by atoms with Crippen molar-refractivity contribution in [2.24, 2.45) is 0 Å². The number of ether oxygens (including phenoxy) is 1. The highest BCUT2D eigenvalue weighted by atomic mass is 32.1. The fraction of sp³-hybridized carbons (Fsp3) is 0.714. The first-order valence-corrected chi connectivity index (χ1v) is 4.74. The molecule has 90 valence electrons. The van der Waals surface area contributed by atoms with E-state index in [1.54, 1.807) is 0 Å². The van der Waals surface area contributed by atoms with E-state index in [1.807, 2.05) is 0 Å². The van der Waals surface area contributed by atoms with Gasteiger partial charge in [0.1, 0.15) is 19.3 Å². The molecule has 0 amide bonds. The zero-order valence-electron chi connectivity index (χ0n) is 7.87. The van der Waals surface area contributed by atoms with E-state index in [-0.39, 0.29) is 26.4 Å². The molecule has 0 aliphatic carbocycles. The number of aliphatic hydroxyl groups excluding tert-OH is 3. The second-order valence-electron chi connectivity index (χ2n) is 2.30. The Hall–Kier alpha value is -0.120. The lowest BCUT2D eigenvalue weighted by atomic mass is 10.4. The molecular formula is C7H14O6S2. The van der Waals surface area contributed by atoms with Gasteiger partial charge in [-0.25, -0.2) is 0 Å². The van der Waals surface area contributed by atoms with Crippen LogP contribution in [0.5, 0.6) is 0 Å². The van der Waals surface area contributed by atoms with Crippen LogP contribution in [-0.2, 0) is 14.3 Å². The average Bonchev–Trinajstić information content (AvgIpc) is 2.16. The van der Waals surface area contributed by atoms with Gasteiger partial charge in [0.15, 0.2) is 0 Å². The van der Waals surface area contributed by atoms with Gasteiger partial charge in [0, 0.05) is 0 Å². The molecule has 0 bridgehead atoms. The summed E-state index contributed by atoms with van der Waals surface area (Å²) in [6.07, 6.45) is -0.954. The molecule has 0 heterocycles. The summed E-state index contributed by atoms with van der Waals surface area (Å²) >= 11 is 6.80. The predicted molar refractivity (Wildman–Crippen MR) is 59.0 cm³/mol. The lowest BCUT2D eigenvalue weighted by Gasteiger charge is -1.96. The molecule has 0 radical (unpaired) electrons. The molecule has 0 saturated heterocycles. The van der Waals surface area contributed by atoms with Crippen molar-refractivity contribution in [2.75, 3.05) is 26.4 Å². The fourth-order valence-corrected chi connectivity index (χ4v) is 0.466. The van der Waals surface area contributed by atoms with Gasteiger partial charge in [0.25, 0.3) is 0 Å². The van der Waals surface area contributed by atoms with Crippen LogP contribution in [0.3, 0.4) is 0 Å². The molecule has 0 saturated carbocycles. The van der Waals surface area contributed by atoms with Crippen molar-refractivity contribution < 1.29 is 29.6 Å². The van der Waals surface area contributed by atoms with Gasteiger partial charge in [-0.05, 0) is 0 Å². The Morgan fingerprint density at radius 1 is 1.07 bits per heavy atom. The first kappa shape index (κ1) is 17.3. The summed E-state index contributed by atoms with van der Waals surface area (Å²) < 4.78 is 4.50. The van der Waals surface area contributed by atoms with Crippen LogP contribution in [0.4, 0.5) is 0 Å². The van der Waals surface area contributed by atoms with E-state index in [0.29, 0.717) is 0 Å². The first-order chi connectivity index (χ1) is 6.93. The number of thiol groups is 2. The zero-order chi connectivity index (χ0) is 12.3. The Morgan fingerprint density at radius 3 is 1.53 bits per heavy atom. The minimum atomic E-state index is -0.954. The molecule has 0 aliphatic rings. The lowest BCUT2D eigenvalue weighted by molar-refractivity contribution is -0.119. The van der Waals surface area contributed by atoms with Crippen molar-refractivity contribution >= 4 is 35.5 Å². The largest absolute Gasteiger partial charge is 0.394 e. The van der Waals surface area contributed by atoms with E-state index in [9.17, 15) is 9.59 Å². The van der Waals surface area contributed by atoms with Crippen molar-refractivity contribution in [1.29, 1.82) is 0 Å². The molecule has 0 aromatic rings. The third kappa shape index (κ3) is 20.1. The molecule has 0 spiro atoms. The second-order valence-corrected chi connectivity index (χ2v) is 3.30. The van der Waals surface area contributed by atoms with Crippen molar-refractivity contribution in [3.05, 3.63) is 0 Å². The van der Waals surface area contributed by atoms with Crippen LogP contribution in [0, 0.1) is 0 Å². The summed E-state index contributed by atoms with van der Waals surface area (Å²) in [6.45, 7) is -1.02. The first-order valence-electron chi connectivity index (χ1n) is 3.85. The second kappa shape index (κ2) is 12.0. The van der Waals surface area contributed by atoms with Gasteiger partial charge in [0.05, 0.1) is 13.2 Å². The fourth-order valence-electron chi connectivity index (χ4n) is 0.283. The molecule has 0 rings (SSSR count). The number of carbonyl (C=O) groups excluding carboxylic acids is 2. The maximum Gasteiger partial charge on any atom is 0.211 e. The summed E-state index contributed by atoms with van der Waals surface area (Å²) in [4.78, 5) is 20.1. The number of aliphatic hydroxyl groups is 3. The average molecular weight is 258 g/mol. The maximum atomic E-state index is 10.0. The van der Waals surface area contributed by atoms with Gasteiger partial charge >= 0.3 is 0 Å². The SMILES string of the molecule is O=C(S)COCC(=O)S.OCC(O)CO. The van der Waals surface area contributed by atoms with E-state index in [0.717, 1.165) is 0 Å². The molecule has 3 N–H and O–H groups in total. The topological polar surface area (TPSA) is 104 Å². The number of carbonyl (C=O) groups is 2. The Kier molecular flexibility index (Phi) is 13.8. The van der Waals surface area contributed by atoms with Crippen molar-refractivity contribution in [1.82, 2.24) is 0 Å².